The summed E-state index contributed by atoms with van der Waals surface area (Å²) in [4.78, 5) is 24.9. The lowest BCUT2D eigenvalue weighted by atomic mass is 9.49. The predicted octanol–water partition coefficient (Wildman–Crippen LogP) is 4.73. The van der Waals surface area contributed by atoms with Gasteiger partial charge in [0.05, 0.1) is 11.4 Å². The standard InChI is InChI=1S/C20H23BrClNO3/c21-15-1-2-17(16(22)8-15)26-18(24)3-4-23-19(25)20-9-12-5-13(10-20)7-14(6-12)11-20/h1-2,8,12-14H,3-7,9-11H2,(H,23,25). The van der Waals surface area contributed by atoms with Gasteiger partial charge in [-0.15, -0.1) is 0 Å². The molecule has 4 bridgehead atoms. The van der Waals surface area contributed by atoms with Gasteiger partial charge in [-0.2, -0.15) is 0 Å². The van der Waals surface area contributed by atoms with Gasteiger partial charge in [0.2, 0.25) is 5.91 Å². The summed E-state index contributed by atoms with van der Waals surface area (Å²) in [6, 6.07) is 5.10. The number of carbonyl (C=O) groups excluding carboxylic acids is 2. The van der Waals surface area contributed by atoms with Gasteiger partial charge >= 0.3 is 5.97 Å². The van der Waals surface area contributed by atoms with Crippen LogP contribution in [0, 0.1) is 23.2 Å². The number of nitrogens with one attached hydrogen (secondary N) is 1. The first-order chi connectivity index (χ1) is 12.4. The minimum Gasteiger partial charge on any atom is -0.425 e. The molecule has 140 valence electrons. The normalized spacial score (nSPS) is 31.7. The van der Waals surface area contributed by atoms with Crippen molar-refractivity contribution < 1.29 is 14.3 Å². The maximum Gasteiger partial charge on any atom is 0.313 e. The summed E-state index contributed by atoms with van der Waals surface area (Å²) in [7, 11) is 0. The Kier molecular flexibility index (Phi) is 5.04. The summed E-state index contributed by atoms with van der Waals surface area (Å²) in [5.74, 6) is 2.29. The summed E-state index contributed by atoms with van der Waals surface area (Å²) in [5.41, 5.74) is -0.173. The number of halogens is 2. The molecule has 4 aliphatic rings. The van der Waals surface area contributed by atoms with Gasteiger partial charge in [-0.1, -0.05) is 27.5 Å². The van der Waals surface area contributed by atoms with Gasteiger partial charge in [-0.3, -0.25) is 9.59 Å². The van der Waals surface area contributed by atoms with E-state index in [0.29, 0.717) is 17.3 Å². The molecule has 0 radical (unpaired) electrons. The molecule has 26 heavy (non-hydrogen) atoms. The minimum atomic E-state index is -0.389. The van der Waals surface area contributed by atoms with Gasteiger partial charge in [0.1, 0.15) is 5.75 Å². The predicted molar refractivity (Wildman–Crippen MR) is 103 cm³/mol. The third kappa shape index (κ3) is 3.65. The van der Waals surface area contributed by atoms with Crippen molar-refractivity contribution in [2.45, 2.75) is 44.9 Å². The zero-order valence-corrected chi connectivity index (χ0v) is 16.9. The number of carbonyl (C=O) groups is 2. The SMILES string of the molecule is O=C(CCNC(=O)C12CC3CC(CC(C3)C1)C2)Oc1ccc(Br)cc1Cl. The lowest BCUT2D eigenvalue weighted by molar-refractivity contribution is -0.146. The topological polar surface area (TPSA) is 55.4 Å². The van der Waals surface area contributed by atoms with Crippen molar-refractivity contribution in [3.63, 3.8) is 0 Å². The molecule has 0 saturated heterocycles. The molecule has 6 heteroatoms. The third-order valence-corrected chi connectivity index (χ3v) is 7.04. The van der Waals surface area contributed by atoms with Gasteiger partial charge in [0.15, 0.2) is 0 Å². The Bertz CT molecular complexity index is 700. The first kappa shape index (κ1) is 18.3. The monoisotopic (exact) mass is 439 g/mol. The average Bonchev–Trinajstić information content (AvgIpc) is 2.56. The smallest absolute Gasteiger partial charge is 0.313 e. The van der Waals surface area contributed by atoms with Crippen LogP contribution in [0.5, 0.6) is 5.75 Å². The average molecular weight is 441 g/mol. The van der Waals surface area contributed by atoms with E-state index in [0.717, 1.165) is 41.5 Å². The van der Waals surface area contributed by atoms with E-state index < -0.39 is 0 Å². The lowest BCUT2D eigenvalue weighted by Crippen LogP contribution is -2.53. The van der Waals surface area contributed by atoms with Crippen LogP contribution in [0.1, 0.15) is 44.9 Å². The van der Waals surface area contributed by atoms with Gasteiger partial charge in [-0.25, -0.2) is 0 Å². The van der Waals surface area contributed by atoms with Crippen LogP contribution in [-0.2, 0) is 9.59 Å². The van der Waals surface area contributed by atoms with Crippen molar-refractivity contribution in [1.82, 2.24) is 5.32 Å². The lowest BCUT2D eigenvalue weighted by Gasteiger charge is -2.55. The highest BCUT2D eigenvalue weighted by molar-refractivity contribution is 9.10. The Morgan fingerprint density at radius 2 is 1.77 bits per heavy atom. The quantitative estimate of drug-likeness (QED) is 0.532. The first-order valence-electron chi connectivity index (χ1n) is 9.37. The zero-order valence-electron chi connectivity index (χ0n) is 14.6. The zero-order chi connectivity index (χ0) is 18.3. The Morgan fingerprint density at radius 1 is 1.15 bits per heavy atom. The second-order valence-corrected chi connectivity index (χ2v) is 9.58. The van der Waals surface area contributed by atoms with Gasteiger partial charge in [0, 0.05) is 16.4 Å². The first-order valence-corrected chi connectivity index (χ1v) is 10.5. The van der Waals surface area contributed by atoms with Crippen molar-refractivity contribution in [1.29, 1.82) is 0 Å². The van der Waals surface area contributed by atoms with Crippen LogP contribution in [0.3, 0.4) is 0 Å². The molecule has 1 aromatic rings. The molecular weight excluding hydrogens is 418 g/mol. The van der Waals surface area contributed by atoms with Crippen LogP contribution < -0.4 is 10.1 Å². The van der Waals surface area contributed by atoms with Crippen LogP contribution in [0.25, 0.3) is 0 Å². The molecule has 0 aromatic heterocycles. The highest BCUT2D eigenvalue weighted by atomic mass is 79.9. The number of benzene rings is 1. The molecule has 4 nitrogen and oxygen atoms in total. The van der Waals surface area contributed by atoms with E-state index in [1.54, 1.807) is 18.2 Å². The number of hydrogen-bond acceptors (Lipinski definition) is 3. The molecule has 0 heterocycles. The van der Waals surface area contributed by atoms with Crippen molar-refractivity contribution in [2.75, 3.05) is 6.54 Å². The minimum absolute atomic E-state index is 0.143. The third-order valence-electron chi connectivity index (χ3n) is 6.25. The van der Waals surface area contributed by atoms with Crippen molar-refractivity contribution in [2.24, 2.45) is 23.2 Å². The summed E-state index contributed by atoms with van der Waals surface area (Å²) >= 11 is 9.37. The second kappa shape index (κ2) is 7.16. The number of amides is 1. The molecule has 4 aliphatic carbocycles. The molecule has 1 amide bonds. The molecular formula is C20H23BrClNO3. The van der Waals surface area contributed by atoms with E-state index in [1.807, 2.05) is 0 Å². The fraction of sp³-hybridized carbons (Fsp3) is 0.600. The van der Waals surface area contributed by atoms with E-state index in [9.17, 15) is 9.59 Å². The molecule has 0 spiro atoms. The molecule has 4 fully saturated rings. The van der Waals surface area contributed by atoms with Crippen LogP contribution in [-0.4, -0.2) is 18.4 Å². The Hall–Kier alpha value is -1.07. The molecule has 1 N–H and O–H groups in total. The highest BCUT2D eigenvalue weighted by Gasteiger charge is 2.54. The summed E-state index contributed by atoms with van der Waals surface area (Å²) < 4.78 is 6.11. The fourth-order valence-corrected chi connectivity index (χ4v) is 6.30. The largest absolute Gasteiger partial charge is 0.425 e. The fourth-order valence-electron chi connectivity index (χ4n) is 5.59. The number of ether oxygens (including phenoxy) is 1. The number of esters is 1. The summed E-state index contributed by atoms with van der Waals surface area (Å²) in [6.45, 7) is 0.313. The maximum absolute atomic E-state index is 12.8. The van der Waals surface area contributed by atoms with Gasteiger partial charge < -0.3 is 10.1 Å². The van der Waals surface area contributed by atoms with E-state index in [-0.39, 0.29) is 23.7 Å². The van der Waals surface area contributed by atoms with E-state index in [4.69, 9.17) is 16.3 Å². The maximum atomic E-state index is 12.8. The Balaban J connectivity index is 1.28. The van der Waals surface area contributed by atoms with Crippen LogP contribution >= 0.6 is 27.5 Å². The van der Waals surface area contributed by atoms with Gasteiger partial charge in [0.25, 0.3) is 0 Å². The number of hydrogen-bond donors (Lipinski definition) is 1. The van der Waals surface area contributed by atoms with E-state index >= 15 is 0 Å². The molecule has 0 atom stereocenters. The molecule has 0 aliphatic heterocycles. The second-order valence-electron chi connectivity index (χ2n) is 8.25. The van der Waals surface area contributed by atoms with Crippen LogP contribution in [0.2, 0.25) is 5.02 Å². The van der Waals surface area contributed by atoms with E-state index in [1.165, 1.54) is 19.3 Å². The van der Waals surface area contributed by atoms with Crippen LogP contribution in [0.4, 0.5) is 0 Å². The Morgan fingerprint density at radius 3 is 2.35 bits per heavy atom. The Labute approximate surface area is 167 Å². The molecule has 0 unspecified atom stereocenters. The van der Waals surface area contributed by atoms with E-state index in [2.05, 4.69) is 21.2 Å². The van der Waals surface area contributed by atoms with Crippen molar-refractivity contribution in [3.05, 3.63) is 27.7 Å². The van der Waals surface area contributed by atoms with Crippen molar-refractivity contribution in [3.8, 4) is 5.75 Å². The van der Waals surface area contributed by atoms with Gasteiger partial charge in [-0.05, 0) is 74.5 Å². The molecule has 4 saturated carbocycles. The van der Waals surface area contributed by atoms with Crippen molar-refractivity contribution >= 4 is 39.4 Å². The summed E-state index contributed by atoms with van der Waals surface area (Å²) in [5, 5.41) is 3.38. The molecule has 1 aromatic carbocycles. The molecule has 5 rings (SSSR count). The summed E-state index contributed by atoms with van der Waals surface area (Å²) in [6.07, 6.45) is 7.17. The highest BCUT2D eigenvalue weighted by Crippen LogP contribution is 2.60. The van der Waals surface area contributed by atoms with Crippen LogP contribution in [0.15, 0.2) is 22.7 Å². The number of rotatable bonds is 5.